The maximum atomic E-state index is 14.5. The normalized spacial score (nSPS) is 17.8. The second-order valence-corrected chi connectivity index (χ2v) is 22.1. The molecule has 0 aliphatic carbocycles. The highest BCUT2D eigenvalue weighted by molar-refractivity contribution is 14.1. The molecule has 3 aliphatic rings. The molecule has 1 unspecified atom stereocenters. The summed E-state index contributed by atoms with van der Waals surface area (Å²) in [5.41, 5.74) is -3.83. The van der Waals surface area contributed by atoms with E-state index in [9.17, 15) is 56.7 Å². The van der Waals surface area contributed by atoms with Gasteiger partial charge in [-0.1, -0.05) is 44.7 Å². The third-order valence-electron chi connectivity index (χ3n) is 12.2. The smallest absolute Gasteiger partial charge is 0.356 e. The fraction of sp³-hybridized carbons (Fsp3) is 0.396. The number of thiophene rings is 1. The van der Waals surface area contributed by atoms with E-state index >= 15 is 0 Å². The van der Waals surface area contributed by atoms with Gasteiger partial charge in [-0.15, -0.1) is 11.3 Å². The number of piperidine rings is 1. The average Bonchev–Trinajstić information content (AvgIpc) is 4.04. The Kier molecular flexibility index (Phi) is 15.4. The van der Waals surface area contributed by atoms with Gasteiger partial charge in [-0.25, -0.2) is 0 Å². The fourth-order valence-corrected chi connectivity index (χ4v) is 10.3. The molecule has 21 heteroatoms. The lowest BCUT2D eigenvalue weighted by Crippen LogP contribution is -2.58. The fourth-order valence-electron chi connectivity index (χ4n) is 8.55. The van der Waals surface area contributed by atoms with Crippen molar-refractivity contribution in [3.05, 3.63) is 97.4 Å². The van der Waals surface area contributed by atoms with Crippen LogP contribution in [-0.4, -0.2) is 98.7 Å². The number of benzene rings is 3. The first kappa shape index (κ1) is 51.3. The molecule has 7 rings (SSSR count). The third-order valence-corrected chi connectivity index (χ3v) is 15.1. The highest BCUT2D eigenvalue weighted by Crippen LogP contribution is 2.59. The van der Waals surface area contributed by atoms with Crippen molar-refractivity contribution in [3.63, 3.8) is 0 Å². The van der Waals surface area contributed by atoms with E-state index in [2.05, 4.69) is 50.4 Å². The van der Waals surface area contributed by atoms with Crippen LogP contribution >= 0.6 is 41.5 Å². The second kappa shape index (κ2) is 20.8. The van der Waals surface area contributed by atoms with E-state index in [-0.39, 0.29) is 66.9 Å². The molecule has 1 aromatic heterocycles. The molecule has 0 bridgehead atoms. The number of rotatable bonds is 14. The zero-order valence-electron chi connectivity index (χ0n) is 37.9. The van der Waals surface area contributed by atoms with Gasteiger partial charge >= 0.3 is 13.3 Å². The number of nitrogens with zero attached hydrogens (tertiary/aromatic N) is 3. The summed E-state index contributed by atoms with van der Waals surface area (Å²) in [6.07, 6.45) is 2.14. The first-order valence-corrected chi connectivity index (χ1v) is 25.7. The van der Waals surface area contributed by atoms with Crippen molar-refractivity contribution >= 4 is 98.6 Å². The van der Waals surface area contributed by atoms with Crippen molar-refractivity contribution in [2.75, 3.05) is 24.5 Å². The number of carbonyl (C=O) groups is 7. The molecule has 4 aromatic rings. The van der Waals surface area contributed by atoms with Crippen LogP contribution in [0.2, 0.25) is 0 Å². The van der Waals surface area contributed by atoms with Gasteiger partial charge in [0, 0.05) is 76.1 Å². The molecule has 3 aromatic carbocycles. The van der Waals surface area contributed by atoms with Crippen LogP contribution in [0.5, 0.6) is 0 Å². The summed E-state index contributed by atoms with van der Waals surface area (Å²) in [4.78, 5) is 116. The number of alkyl halides is 2. The number of hydrogen-bond acceptors (Lipinski definition) is 9. The molecule has 16 nitrogen and oxygen atoms in total. The maximum Gasteiger partial charge on any atom is 0.399 e. The van der Waals surface area contributed by atoms with E-state index < -0.39 is 66.0 Å². The molecule has 2 fully saturated rings. The number of halogens is 3. The van der Waals surface area contributed by atoms with Gasteiger partial charge < -0.3 is 35.1 Å². The summed E-state index contributed by atoms with van der Waals surface area (Å²) in [7, 11) is -5.83. The van der Waals surface area contributed by atoms with Crippen LogP contribution in [0.15, 0.2) is 66.7 Å². The zero-order chi connectivity index (χ0) is 50.0. The topological polar surface area (TPSA) is 223 Å². The largest absolute Gasteiger partial charge is 0.399 e. The van der Waals surface area contributed by atoms with E-state index in [1.54, 1.807) is 51.1 Å². The standard InChI is InChI=1S/C48H50F2IN6O10PS/c1-47(2,3)41(54-43(61)38-26-29-25-30(13-19-37(29)69-38)48(49,50)68(65,66)67)46(64)56-23-8-12-36(56)45(63)55(32-16-14-31(51)15-17-32)24-21-39(58)52-22-6-4-5-9-28-10-7-11-33-34(28)27-57(44(33)62)35-18-20-40(59)53-42(35)60/h7,10-11,13-17,19,25-26,35-36,41H,4,6,8,12,18,20-24,27H2,1-3H3,(H,52,58)(H,54,61)(H,53,59,60)(H2,65,66,67)/t35?,36-,41+/m0/s1. The van der Waals surface area contributed by atoms with Crippen LogP contribution in [0.4, 0.5) is 14.5 Å². The van der Waals surface area contributed by atoms with Crippen LogP contribution in [0.3, 0.4) is 0 Å². The Hall–Kier alpha value is -5.59. The number of anilines is 1. The zero-order valence-corrected chi connectivity index (χ0v) is 41.7. The number of likely N-dealkylation sites (tertiary alicyclic amines) is 1. The lowest BCUT2D eigenvalue weighted by atomic mass is 9.85. The molecular formula is C48H50F2IN6O10PS. The first-order valence-electron chi connectivity index (χ1n) is 22.2. The molecule has 3 atom stereocenters. The van der Waals surface area contributed by atoms with Crippen molar-refractivity contribution < 1.29 is 56.7 Å². The van der Waals surface area contributed by atoms with Gasteiger partial charge in [-0.2, -0.15) is 8.78 Å². The molecule has 4 heterocycles. The number of amides is 7. The number of nitrogens with one attached hydrogen (secondary N) is 3. The van der Waals surface area contributed by atoms with Crippen molar-refractivity contribution in [2.45, 2.75) is 96.1 Å². The van der Waals surface area contributed by atoms with Gasteiger partial charge in [-0.05, 0) is 119 Å². The minimum Gasteiger partial charge on any atom is -0.356 e. The molecule has 364 valence electrons. The van der Waals surface area contributed by atoms with Crippen LogP contribution in [0.25, 0.3) is 10.1 Å². The number of unbranched alkanes of at least 4 members (excludes halogenated alkanes) is 1. The quantitative estimate of drug-likeness (QED) is 0.0326. The van der Waals surface area contributed by atoms with E-state index in [1.807, 2.05) is 12.1 Å². The van der Waals surface area contributed by atoms with Gasteiger partial charge in [0.1, 0.15) is 18.1 Å². The summed E-state index contributed by atoms with van der Waals surface area (Å²) < 4.78 is 41.8. The third kappa shape index (κ3) is 11.4. The number of hydrogen-bond donors (Lipinski definition) is 5. The van der Waals surface area contributed by atoms with Crippen molar-refractivity contribution in [3.8, 4) is 11.8 Å². The Morgan fingerprint density at radius 2 is 1.77 bits per heavy atom. The lowest BCUT2D eigenvalue weighted by Gasteiger charge is -2.36. The summed E-state index contributed by atoms with van der Waals surface area (Å²) >= 11 is 3.10. The molecule has 2 saturated heterocycles. The molecule has 0 saturated carbocycles. The molecule has 3 aliphatic heterocycles. The van der Waals surface area contributed by atoms with Crippen molar-refractivity contribution in [2.24, 2.45) is 5.41 Å². The Morgan fingerprint density at radius 3 is 2.46 bits per heavy atom. The molecule has 7 amide bonds. The number of fused-ring (bicyclic) bond motifs is 2. The van der Waals surface area contributed by atoms with Crippen LogP contribution < -0.4 is 20.9 Å². The van der Waals surface area contributed by atoms with Crippen LogP contribution in [0.1, 0.15) is 102 Å². The highest BCUT2D eigenvalue weighted by atomic mass is 127. The summed E-state index contributed by atoms with van der Waals surface area (Å²) in [6, 6.07) is 14.0. The van der Waals surface area contributed by atoms with Gasteiger partial charge in [0.05, 0.1) is 4.88 Å². The van der Waals surface area contributed by atoms with E-state index in [0.29, 0.717) is 53.7 Å². The van der Waals surface area contributed by atoms with E-state index in [1.165, 1.54) is 26.8 Å². The Bertz CT molecular complexity index is 2840. The average molecular weight is 1100 g/mol. The second-order valence-electron chi connectivity index (χ2n) is 18.1. The van der Waals surface area contributed by atoms with E-state index in [4.69, 9.17) is 0 Å². The van der Waals surface area contributed by atoms with Gasteiger partial charge in [0.15, 0.2) is 0 Å². The molecule has 0 radical (unpaired) electrons. The Labute approximate surface area is 414 Å². The highest BCUT2D eigenvalue weighted by Gasteiger charge is 2.50. The predicted molar refractivity (Wildman–Crippen MR) is 261 cm³/mol. The predicted octanol–water partition coefficient (Wildman–Crippen LogP) is 6.00. The molecule has 69 heavy (non-hydrogen) atoms. The van der Waals surface area contributed by atoms with Crippen LogP contribution in [0, 0.1) is 20.8 Å². The van der Waals surface area contributed by atoms with Crippen molar-refractivity contribution in [1.82, 2.24) is 25.8 Å². The number of carbonyl (C=O) groups excluding carboxylic acids is 7. The molecule has 0 spiro atoms. The minimum atomic E-state index is -5.83. The molecule has 5 N–H and O–H groups in total. The molecular weight excluding hydrogens is 1050 g/mol. The van der Waals surface area contributed by atoms with Gasteiger partial charge in [-0.3, -0.25) is 43.4 Å². The summed E-state index contributed by atoms with van der Waals surface area (Å²) in [6.45, 7) is 6.01. The lowest BCUT2D eigenvalue weighted by molar-refractivity contribution is -0.141. The maximum absolute atomic E-state index is 14.5. The van der Waals surface area contributed by atoms with Gasteiger partial charge in [0.25, 0.3) is 11.8 Å². The van der Waals surface area contributed by atoms with Crippen LogP contribution in [-0.2, 0) is 40.7 Å². The summed E-state index contributed by atoms with van der Waals surface area (Å²) in [5, 5.41) is 8.15. The van der Waals surface area contributed by atoms with Gasteiger partial charge in [0.2, 0.25) is 29.5 Å². The summed E-state index contributed by atoms with van der Waals surface area (Å²) in [5.74, 6) is 3.22. The SMILES string of the molecule is CC(C)(C)[C@H](NC(=O)c1cc2cc(C(F)(F)P(=O)(O)O)ccc2s1)C(=O)N1CCC[C@H]1C(=O)N(CCC(=O)NCCCC#Cc1cccc2c1CN(C1CCC(=O)NC1=O)C2=O)c1ccc(I)cc1. The monoisotopic (exact) mass is 1100 g/mol. The van der Waals surface area contributed by atoms with E-state index in [0.717, 1.165) is 32.6 Å². The first-order chi connectivity index (χ1) is 32.5. The minimum absolute atomic E-state index is 0.00442. The van der Waals surface area contributed by atoms with Crippen molar-refractivity contribution in [1.29, 1.82) is 0 Å². The Balaban J connectivity index is 0.965. The Morgan fingerprint density at radius 1 is 1.03 bits per heavy atom. The number of imide groups is 1.